The summed E-state index contributed by atoms with van der Waals surface area (Å²) in [6.07, 6.45) is 7.08. The molecule has 2 saturated carbocycles. The fourth-order valence-electron chi connectivity index (χ4n) is 5.92. The summed E-state index contributed by atoms with van der Waals surface area (Å²) in [6.45, 7) is 5.39. The smallest absolute Gasteiger partial charge is 0.258 e. The van der Waals surface area contributed by atoms with Crippen molar-refractivity contribution in [3.8, 4) is 0 Å². The highest BCUT2D eigenvalue weighted by atomic mass is 32.2. The summed E-state index contributed by atoms with van der Waals surface area (Å²) in [5.74, 6) is 1.23. The maximum atomic E-state index is 13.8. The molecule has 2 aliphatic carbocycles. The zero-order valence-corrected chi connectivity index (χ0v) is 23.9. The van der Waals surface area contributed by atoms with E-state index in [9.17, 15) is 13.2 Å². The molecule has 1 atom stereocenters. The number of morpholine rings is 1. The molecule has 40 heavy (non-hydrogen) atoms. The summed E-state index contributed by atoms with van der Waals surface area (Å²) < 4.78 is 32.9. The van der Waals surface area contributed by atoms with Gasteiger partial charge >= 0.3 is 0 Å². The second-order valence-corrected chi connectivity index (χ2v) is 13.7. The molecular weight excluding hydrogens is 530 g/mol. The van der Waals surface area contributed by atoms with E-state index in [0.29, 0.717) is 40.7 Å². The predicted octanol–water partition coefficient (Wildman–Crippen LogP) is 3.55. The largest absolute Gasteiger partial charge is 0.395 e. The van der Waals surface area contributed by atoms with Gasteiger partial charge in [0.15, 0.2) is 0 Å². The summed E-state index contributed by atoms with van der Waals surface area (Å²) in [4.78, 5) is 23.0. The van der Waals surface area contributed by atoms with Crippen molar-refractivity contribution in [2.24, 2.45) is 5.41 Å². The quantitative estimate of drug-likeness (QED) is 0.419. The number of aromatic nitrogens is 1. The Kier molecular flexibility index (Phi) is 7.39. The second kappa shape index (κ2) is 10.8. The topological polar surface area (TPSA) is 124 Å². The molecule has 4 aliphatic rings. The molecule has 3 N–H and O–H groups in total. The Morgan fingerprint density at radius 2 is 1.88 bits per heavy atom. The predicted molar refractivity (Wildman–Crippen MR) is 156 cm³/mol. The monoisotopic (exact) mass is 569 g/mol. The molecule has 2 aliphatic heterocycles. The number of rotatable bonds is 9. The highest BCUT2D eigenvalue weighted by Crippen LogP contribution is 2.54. The van der Waals surface area contributed by atoms with Gasteiger partial charge in [0.05, 0.1) is 42.0 Å². The number of anilines is 4. The normalized spacial score (nSPS) is 22.3. The molecule has 6 rings (SSSR count). The third-order valence-electron chi connectivity index (χ3n) is 8.69. The van der Waals surface area contributed by atoms with E-state index in [4.69, 9.17) is 14.8 Å². The van der Waals surface area contributed by atoms with E-state index in [-0.39, 0.29) is 17.8 Å². The van der Waals surface area contributed by atoms with Crippen LogP contribution in [0.5, 0.6) is 0 Å². The number of benzene rings is 1. The molecule has 1 aromatic heterocycles. The number of ether oxygens (including phenoxy) is 1. The number of hydrogen-bond acceptors (Lipinski definition) is 8. The highest BCUT2D eigenvalue weighted by Gasteiger charge is 2.44. The van der Waals surface area contributed by atoms with Gasteiger partial charge in [0, 0.05) is 26.2 Å². The molecule has 11 heteroatoms. The minimum Gasteiger partial charge on any atom is -0.395 e. The molecule has 1 aromatic carbocycles. The summed E-state index contributed by atoms with van der Waals surface area (Å²) in [5.41, 5.74) is 3.22. The summed E-state index contributed by atoms with van der Waals surface area (Å²) in [5, 5.41) is 12.2. The summed E-state index contributed by atoms with van der Waals surface area (Å²) in [6, 6.07) is 9.15. The highest BCUT2D eigenvalue weighted by molar-refractivity contribution is 7.92. The molecule has 1 spiro atoms. The van der Waals surface area contributed by atoms with Gasteiger partial charge in [-0.05, 0) is 92.7 Å². The van der Waals surface area contributed by atoms with Gasteiger partial charge in [0.1, 0.15) is 11.6 Å². The van der Waals surface area contributed by atoms with Gasteiger partial charge in [0.25, 0.3) is 5.91 Å². The Morgan fingerprint density at radius 3 is 2.55 bits per heavy atom. The van der Waals surface area contributed by atoms with Gasteiger partial charge in [-0.15, -0.1) is 0 Å². The number of sulfonamides is 1. The average Bonchev–Trinajstić information content (AvgIpc) is 3.86. The van der Waals surface area contributed by atoms with Gasteiger partial charge in [-0.3, -0.25) is 9.52 Å². The number of aliphatic hydroxyl groups excluding tert-OH is 1. The van der Waals surface area contributed by atoms with Crippen molar-refractivity contribution in [3.05, 3.63) is 41.5 Å². The molecule has 1 amide bonds. The molecule has 1 unspecified atom stereocenters. The second-order valence-electron chi connectivity index (χ2n) is 11.9. The van der Waals surface area contributed by atoms with Crippen LogP contribution in [0.3, 0.4) is 0 Å². The van der Waals surface area contributed by atoms with E-state index >= 15 is 0 Å². The summed E-state index contributed by atoms with van der Waals surface area (Å²) in [7, 11) is -3.69. The first kappa shape index (κ1) is 27.3. The fraction of sp³-hybridized carbons (Fsp3) is 0.586. The van der Waals surface area contributed by atoms with Crippen molar-refractivity contribution >= 4 is 38.9 Å². The van der Waals surface area contributed by atoms with Gasteiger partial charge in [-0.1, -0.05) is 0 Å². The van der Waals surface area contributed by atoms with Crippen molar-refractivity contribution in [3.63, 3.8) is 0 Å². The molecule has 4 fully saturated rings. The number of aliphatic hydroxyl groups is 1. The van der Waals surface area contributed by atoms with E-state index in [1.54, 1.807) is 18.2 Å². The van der Waals surface area contributed by atoms with Crippen molar-refractivity contribution < 1.29 is 23.1 Å². The van der Waals surface area contributed by atoms with E-state index in [1.807, 2.05) is 6.07 Å². The molecule has 216 valence electrons. The minimum absolute atomic E-state index is 0.119. The minimum atomic E-state index is -3.69. The standard InChI is InChI=1S/C29H39N5O5S/c1-20-19-34(12-14-39-20)27-17-22(21-2-3-21)16-26(30-27)31-28(36)24-5-4-23(32-40(37,38)15-13-35)18-25(24)33-10-8-29(6-7-29)9-11-33/h4-5,16-18,20-21,32,35H,2-3,6-15,19H2,1H3,(H,30,31,36). The number of carbonyl (C=O) groups is 1. The van der Waals surface area contributed by atoms with E-state index in [2.05, 4.69) is 32.8 Å². The van der Waals surface area contributed by atoms with Crippen molar-refractivity contribution in [1.29, 1.82) is 0 Å². The third-order valence-corrected chi connectivity index (χ3v) is 9.95. The Labute approximate surface area is 236 Å². The number of pyridine rings is 1. The number of nitrogens with zero attached hydrogens (tertiary/aromatic N) is 3. The first-order chi connectivity index (χ1) is 19.2. The number of hydrogen-bond donors (Lipinski definition) is 3. The van der Waals surface area contributed by atoms with Crippen LogP contribution in [-0.4, -0.2) is 75.7 Å². The molecule has 3 heterocycles. The first-order valence-electron chi connectivity index (χ1n) is 14.4. The Morgan fingerprint density at radius 1 is 1.10 bits per heavy atom. The van der Waals surface area contributed by atoms with E-state index < -0.39 is 16.6 Å². The van der Waals surface area contributed by atoms with Crippen LogP contribution in [-0.2, 0) is 14.8 Å². The Balaban J connectivity index is 1.28. The van der Waals surface area contributed by atoms with Crippen LogP contribution in [0.25, 0.3) is 0 Å². The first-order valence-corrected chi connectivity index (χ1v) is 16.1. The maximum absolute atomic E-state index is 13.8. The fourth-order valence-corrected chi connectivity index (χ4v) is 6.75. The van der Waals surface area contributed by atoms with E-state index in [0.717, 1.165) is 57.7 Å². The lowest BCUT2D eigenvalue weighted by atomic mass is 9.93. The van der Waals surface area contributed by atoms with Gasteiger partial charge in [-0.25, -0.2) is 13.4 Å². The van der Waals surface area contributed by atoms with Crippen LogP contribution in [0.4, 0.5) is 23.0 Å². The zero-order valence-electron chi connectivity index (χ0n) is 23.1. The van der Waals surface area contributed by atoms with Crippen LogP contribution in [0, 0.1) is 5.41 Å². The molecule has 0 bridgehead atoms. The van der Waals surface area contributed by atoms with Gasteiger partial charge in [0.2, 0.25) is 10.0 Å². The average molecular weight is 570 g/mol. The lowest BCUT2D eigenvalue weighted by molar-refractivity contribution is 0.0529. The van der Waals surface area contributed by atoms with Crippen molar-refractivity contribution in [2.45, 2.75) is 57.5 Å². The van der Waals surface area contributed by atoms with E-state index in [1.165, 1.54) is 18.4 Å². The van der Waals surface area contributed by atoms with Gasteiger partial charge < -0.3 is 25.0 Å². The number of piperidine rings is 1. The lowest BCUT2D eigenvalue weighted by Gasteiger charge is -2.35. The molecule has 0 radical (unpaired) electrons. The Hall–Kier alpha value is -2.89. The SMILES string of the molecule is CC1CN(c2cc(C3CC3)cc(NC(=O)c3ccc(NS(=O)(=O)CCO)cc3N3CCC4(CC3)CC4)n2)CCO1. The molecule has 10 nitrogen and oxygen atoms in total. The van der Waals surface area contributed by atoms with Crippen molar-refractivity contribution in [1.82, 2.24) is 4.98 Å². The number of amides is 1. The number of nitrogens with one attached hydrogen (secondary N) is 2. The van der Waals surface area contributed by atoms with Crippen LogP contribution in [0.1, 0.15) is 67.3 Å². The summed E-state index contributed by atoms with van der Waals surface area (Å²) >= 11 is 0. The van der Waals surface area contributed by atoms with Crippen LogP contribution in [0.15, 0.2) is 30.3 Å². The van der Waals surface area contributed by atoms with Crippen LogP contribution in [0.2, 0.25) is 0 Å². The van der Waals surface area contributed by atoms with Crippen LogP contribution < -0.4 is 19.8 Å². The van der Waals surface area contributed by atoms with Crippen LogP contribution >= 0.6 is 0 Å². The van der Waals surface area contributed by atoms with Gasteiger partial charge in [-0.2, -0.15) is 0 Å². The maximum Gasteiger partial charge on any atom is 0.258 e. The Bertz CT molecular complexity index is 1360. The van der Waals surface area contributed by atoms with Crippen molar-refractivity contribution in [2.75, 3.05) is 65.0 Å². The molecular formula is C29H39N5O5S. The zero-order chi connectivity index (χ0) is 27.9. The lowest BCUT2D eigenvalue weighted by Crippen LogP contribution is -2.41. The third kappa shape index (κ3) is 6.21. The molecule has 2 aromatic rings. The molecule has 2 saturated heterocycles. The number of carbonyl (C=O) groups excluding carboxylic acids is 1.